The zero-order valence-electron chi connectivity index (χ0n) is 12.0. The summed E-state index contributed by atoms with van der Waals surface area (Å²) in [5.41, 5.74) is 8.43. The van der Waals surface area contributed by atoms with E-state index in [1.54, 1.807) is 0 Å². The van der Waals surface area contributed by atoms with Crippen molar-refractivity contribution in [3.63, 3.8) is 0 Å². The Balaban J connectivity index is 0.00000220. The van der Waals surface area contributed by atoms with Gasteiger partial charge in [-0.25, -0.2) is 0 Å². The molecule has 0 radical (unpaired) electrons. The molecule has 0 spiro atoms. The number of aliphatic imine (C=N–C) groups is 1. The highest BCUT2D eigenvalue weighted by Crippen LogP contribution is 1.99. The summed E-state index contributed by atoms with van der Waals surface area (Å²) in [6.07, 6.45) is 1.87. The number of halogens is 1. The first-order valence-corrected chi connectivity index (χ1v) is 6.96. The van der Waals surface area contributed by atoms with Crippen molar-refractivity contribution in [2.45, 2.75) is 12.8 Å². The second-order valence-electron chi connectivity index (χ2n) is 4.66. The van der Waals surface area contributed by atoms with Gasteiger partial charge in [-0.15, -0.1) is 24.0 Å². The Morgan fingerprint density at radius 2 is 1.38 bits per heavy atom. The topological polar surface area (TPSA) is 50.4 Å². The van der Waals surface area contributed by atoms with E-state index in [1.807, 2.05) is 36.4 Å². The molecule has 4 heteroatoms. The minimum absolute atomic E-state index is 0. The molecule has 21 heavy (non-hydrogen) atoms. The van der Waals surface area contributed by atoms with Crippen molar-refractivity contribution in [2.75, 3.05) is 13.1 Å². The normalized spacial score (nSPS) is 10.8. The summed E-state index contributed by atoms with van der Waals surface area (Å²) in [6.45, 7) is 1.53. The number of hydrogen-bond donors (Lipinski definition) is 2. The minimum atomic E-state index is 0. The van der Waals surface area contributed by atoms with E-state index in [0.29, 0.717) is 12.5 Å². The molecule has 3 nitrogen and oxygen atoms in total. The van der Waals surface area contributed by atoms with Crippen LogP contribution in [0.2, 0.25) is 0 Å². The van der Waals surface area contributed by atoms with Gasteiger partial charge in [-0.05, 0) is 24.0 Å². The maximum Gasteiger partial charge on any atom is 0.188 e. The second kappa shape index (κ2) is 10.2. The highest BCUT2D eigenvalue weighted by Gasteiger charge is 1.94. The molecular weight excluding hydrogens is 373 g/mol. The van der Waals surface area contributed by atoms with Crippen LogP contribution in [0.15, 0.2) is 65.7 Å². The molecule has 0 bridgehead atoms. The summed E-state index contributed by atoms with van der Waals surface area (Å²) in [4.78, 5) is 4.33. The van der Waals surface area contributed by atoms with Gasteiger partial charge in [-0.3, -0.25) is 4.99 Å². The van der Waals surface area contributed by atoms with Crippen molar-refractivity contribution in [3.8, 4) is 0 Å². The number of hydrogen-bond acceptors (Lipinski definition) is 1. The monoisotopic (exact) mass is 395 g/mol. The second-order valence-corrected chi connectivity index (χ2v) is 4.66. The molecule has 2 rings (SSSR count). The Morgan fingerprint density at radius 3 is 1.95 bits per heavy atom. The van der Waals surface area contributed by atoms with E-state index in [1.165, 1.54) is 11.1 Å². The first-order valence-electron chi connectivity index (χ1n) is 6.96. The van der Waals surface area contributed by atoms with Crippen molar-refractivity contribution in [3.05, 3.63) is 71.8 Å². The fourth-order valence-corrected chi connectivity index (χ4v) is 1.99. The van der Waals surface area contributed by atoms with E-state index in [9.17, 15) is 0 Å². The summed E-state index contributed by atoms with van der Waals surface area (Å²) in [7, 11) is 0. The maximum atomic E-state index is 5.84. The Labute approximate surface area is 143 Å². The molecule has 112 valence electrons. The van der Waals surface area contributed by atoms with E-state index in [0.717, 1.165) is 19.4 Å². The summed E-state index contributed by atoms with van der Waals surface area (Å²) < 4.78 is 0. The van der Waals surface area contributed by atoms with Crippen molar-refractivity contribution >= 4 is 29.9 Å². The molecule has 0 saturated heterocycles. The van der Waals surface area contributed by atoms with E-state index < -0.39 is 0 Å². The molecular formula is C17H22IN3. The van der Waals surface area contributed by atoms with Gasteiger partial charge >= 0.3 is 0 Å². The minimum Gasteiger partial charge on any atom is -0.370 e. The predicted octanol–water partition coefficient (Wildman–Crippen LogP) is 2.99. The average molecular weight is 395 g/mol. The number of rotatable bonds is 6. The molecule has 0 fully saturated rings. The fourth-order valence-electron chi connectivity index (χ4n) is 1.99. The summed E-state index contributed by atoms with van der Waals surface area (Å²) in [5, 5.41) is 3.15. The first-order chi connectivity index (χ1) is 9.84. The zero-order valence-corrected chi connectivity index (χ0v) is 14.4. The molecule has 0 amide bonds. The summed E-state index contributed by atoms with van der Waals surface area (Å²) >= 11 is 0. The third kappa shape index (κ3) is 7.13. The Kier molecular flexibility index (Phi) is 8.50. The van der Waals surface area contributed by atoms with Crippen molar-refractivity contribution in [2.24, 2.45) is 10.7 Å². The lowest BCUT2D eigenvalue weighted by atomic mass is 10.1. The van der Waals surface area contributed by atoms with E-state index in [-0.39, 0.29) is 24.0 Å². The van der Waals surface area contributed by atoms with Gasteiger partial charge in [0.1, 0.15) is 0 Å². The van der Waals surface area contributed by atoms with Crippen LogP contribution < -0.4 is 11.1 Å². The molecule has 0 aliphatic carbocycles. The van der Waals surface area contributed by atoms with Gasteiger partial charge in [0.25, 0.3) is 0 Å². The Morgan fingerprint density at radius 1 is 0.857 bits per heavy atom. The molecule has 3 N–H and O–H groups in total. The first kappa shape index (κ1) is 17.5. The summed E-state index contributed by atoms with van der Waals surface area (Å²) in [5.74, 6) is 0.525. The van der Waals surface area contributed by atoms with Crippen molar-refractivity contribution in [1.29, 1.82) is 0 Å². The van der Waals surface area contributed by atoms with Crippen molar-refractivity contribution < 1.29 is 0 Å². The average Bonchev–Trinajstić information content (AvgIpc) is 2.49. The van der Waals surface area contributed by atoms with Crippen LogP contribution in [-0.4, -0.2) is 19.0 Å². The third-order valence-electron chi connectivity index (χ3n) is 3.09. The lowest BCUT2D eigenvalue weighted by Gasteiger charge is -2.05. The van der Waals surface area contributed by atoms with Gasteiger partial charge in [0.2, 0.25) is 0 Å². The van der Waals surface area contributed by atoms with Gasteiger partial charge < -0.3 is 11.1 Å². The SMILES string of the molecule is I.NC(=NCCc1ccccc1)NCCc1ccccc1. The number of benzene rings is 2. The predicted molar refractivity (Wildman–Crippen MR) is 100 cm³/mol. The lowest BCUT2D eigenvalue weighted by Crippen LogP contribution is -2.33. The number of nitrogens with two attached hydrogens (primary N) is 1. The third-order valence-corrected chi connectivity index (χ3v) is 3.09. The van der Waals surface area contributed by atoms with Gasteiger partial charge in [-0.2, -0.15) is 0 Å². The standard InChI is InChI=1S/C17H21N3.HI/c18-17(19-13-11-15-7-3-1-4-8-15)20-14-12-16-9-5-2-6-10-16;/h1-10H,11-14H2,(H3,18,19,20);1H. The highest BCUT2D eigenvalue weighted by atomic mass is 127. The molecule has 0 aliphatic heterocycles. The van der Waals surface area contributed by atoms with Crippen LogP contribution in [-0.2, 0) is 12.8 Å². The highest BCUT2D eigenvalue weighted by molar-refractivity contribution is 14.0. The number of guanidine groups is 1. The van der Waals surface area contributed by atoms with Crippen LogP contribution in [0.3, 0.4) is 0 Å². The molecule has 0 heterocycles. The quantitative estimate of drug-likeness (QED) is 0.449. The van der Waals surface area contributed by atoms with Crippen LogP contribution in [0.25, 0.3) is 0 Å². The van der Waals surface area contributed by atoms with Crippen molar-refractivity contribution in [1.82, 2.24) is 5.32 Å². The van der Waals surface area contributed by atoms with Gasteiger partial charge in [-0.1, -0.05) is 60.7 Å². The summed E-state index contributed by atoms with van der Waals surface area (Å²) in [6, 6.07) is 20.7. The van der Waals surface area contributed by atoms with Gasteiger partial charge in [0.15, 0.2) is 5.96 Å². The molecule has 2 aromatic carbocycles. The smallest absolute Gasteiger partial charge is 0.188 e. The van der Waals surface area contributed by atoms with Gasteiger partial charge in [0.05, 0.1) is 0 Å². The molecule has 0 saturated carbocycles. The van der Waals surface area contributed by atoms with E-state index in [2.05, 4.69) is 34.6 Å². The Hall–Kier alpha value is -1.56. The van der Waals surface area contributed by atoms with Crippen LogP contribution >= 0.6 is 24.0 Å². The molecule has 0 atom stereocenters. The van der Waals surface area contributed by atoms with Gasteiger partial charge in [0, 0.05) is 13.1 Å². The molecule has 0 aliphatic rings. The molecule has 0 aromatic heterocycles. The van der Waals surface area contributed by atoms with Crippen LogP contribution in [0.1, 0.15) is 11.1 Å². The fraction of sp³-hybridized carbons (Fsp3) is 0.235. The van der Waals surface area contributed by atoms with Crippen LogP contribution in [0.4, 0.5) is 0 Å². The lowest BCUT2D eigenvalue weighted by molar-refractivity contribution is 0.844. The Bertz CT molecular complexity index is 526. The van der Waals surface area contributed by atoms with Crippen LogP contribution in [0, 0.1) is 0 Å². The molecule has 0 unspecified atom stereocenters. The maximum absolute atomic E-state index is 5.84. The van der Waals surface area contributed by atoms with E-state index in [4.69, 9.17) is 5.73 Å². The van der Waals surface area contributed by atoms with E-state index >= 15 is 0 Å². The number of nitrogens with one attached hydrogen (secondary N) is 1. The largest absolute Gasteiger partial charge is 0.370 e. The number of nitrogens with zero attached hydrogens (tertiary/aromatic N) is 1. The van der Waals surface area contributed by atoms with Crippen LogP contribution in [0.5, 0.6) is 0 Å². The molecule has 2 aromatic rings. The zero-order chi connectivity index (χ0) is 14.0.